The van der Waals surface area contributed by atoms with Gasteiger partial charge in [-0.1, -0.05) is 42.0 Å². The van der Waals surface area contributed by atoms with Crippen molar-refractivity contribution in [2.24, 2.45) is 0 Å². The van der Waals surface area contributed by atoms with Crippen LogP contribution < -0.4 is 19.5 Å². The van der Waals surface area contributed by atoms with Crippen LogP contribution in [0.5, 0.6) is 17.2 Å². The molecular weight excluding hydrogens is 354 g/mol. The van der Waals surface area contributed by atoms with Crippen LogP contribution in [-0.4, -0.2) is 26.7 Å². The van der Waals surface area contributed by atoms with E-state index in [1.54, 1.807) is 25.3 Å². The maximum absolute atomic E-state index is 12.2. The van der Waals surface area contributed by atoms with Gasteiger partial charge in [-0.15, -0.1) is 0 Å². The zero-order valence-corrected chi connectivity index (χ0v) is 16.2. The van der Waals surface area contributed by atoms with Gasteiger partial charge in [0.2, 0.25) is 0 Å². The summed E-state index contributed by atoms with van der Waals surface area (Å²) >= 11 is 0. The van der Waals surface area contributed by atoms with Crippen LogP contribution in [0, 0.1) is 6.92 Å². The fourth-order valence-electron chi connectivity index (χ4n) is 2.73. The van der Waals surface area contributed by atoms with E-state index < -0.39 is 0 Å². The first kappa shape index (κ1) is 19.3. The lowest BCUT2D eigenvalue weighted by Gasteiger charge is -2.12. The van der Waals surface area contributed by atoms with Gasteiger partial charge in [0.1, 0.15) is 17.2 Å². The van der Waals surface area contributed by atoms with Gasteiger partial charge in [-0.2, -0.15) is 0 Å². The highest BCUT2D eigenvalue weighted by Gasteiger charge is 2.10. The van der Waals surface area contributed by atoms with E-state index in [9.17, 15) is 4.79 Å². The molecule has 0 bridgehead atoms. The van der Waals surface area contributed by atoms with Crippen molar-refractivity contribution in [2.45, 2.75) is 6.92 Å². The molecule has 3 aromatic rings. The van der Waals surface area contributed by atoms with Crippen molar-refractivity contribution in [1.82, 2.24) is 0 Å². The third-order valence-corrected chi connectivity index (χ3v) is 4.29. The monoisotopic (exact) mass is 377 g/mol. The first-order chi connectivity index (χ1) is 13.6. The van der Waals surface area contributed by atoms with E-state index in [2.05, 4.69) is 36.5 Å². The molecule has 0 aliphatic carbocycles. The van der Waals surface area contributed by atoms with Crippen molar-refractivity contribution in [1.29, 1.82) is 0 Å². The minimum Gasteiger partial charge on any atom is -0.497 e. The van der Waals surface area contributed by atoms with Crippen molar-refractivity contribution in [3.8, 4) is 28.4 Å². The van der Waals surface area contributed by atoms with E-state index in [4.69, 9.17) is 14.2 Å². The number of amides is 1. The highest BCUT2D eigenvalue weighted by atomic mass is 16.5. The molecule has 3 rings (SSSR count). The Bertz CT molecular complexity index is 934. The van der Waals surface area contributed by atoms with E-state index in [0.29, 0.717) is 22.9 Å². The SMILES string of the molecule is COc1ccc(NC(=O)COc2ccc(-c3ccc(C)cc3)cc2)c(OC)c1. The maximum Gasteiger partial charge on any atom is 0.262 e. The van der Waals surface area contributed by atoms with E-state index in [1.165, 1.54) is 12.7 Å². The average Bonchev–Trinajstić information content (AvgIpc) is 2.73. The van der Waals surface area contributed by atoms with Crippen LogP contribution in [-0.2, 0) is 4.79 Å². The molecule has 0 saturated heterocycles. The Labute approximate surface area is 164 Å². The van der Waals surface area contributed by atoms with Crippen LogP contribution in [0.4, 0.5) is 5.69 Å². The predicted molar refractivity (Wildman–Crippen MR) is 110 cm³/mol. The Balaban J connectivity index is 1.58. The number of carbonyl (C=O) groups excluding carboxylic acids is 1. The van der Waals surface area contributed by atoms with Crippen LogP contribution >= 0.6 is 0 Å². The minimum atomic E-state index is -0.272. The lowest BCUT2D eigenvalue weighted by molar-refractivity contribution is -0.118. The number of methoxy groups -OCH3 is 2. The second-order valence-electron chi connectivity index (χ2n) is 6.29. The number of nitrogens with one attached hydrogen (secondary N) is 1. The molecule has 0 saturated carbocycles. The summed E-state index contributed by atoms with van der Waals surface area (Å²) in [7, 11) is 3.11. The summed E-state index contributed by atoms with van der Waals surface area (Å²) in [5, 5.41) is 2.78. The number of hydrogen-bond acceptors (Lipinski definition) is 4. The molecule has 0 aliphatic rings. The van der Waals surface area contributed by atoms with Crippen LogP contribution in [0.15, 0.2) is 66.7 Å². The molecule has 0 aromatic heterocycles. The van der Waals surface area contributed by atoms with Gasteiger partial charge in [-0.05, 0) is 42.3 Å². The van der Waals surface area contributed by atoms with Gasteiger partial charge >= 0.3 is 0 Å². The molecule has 5 heteroatoms. The second kappa shape index (κ2) is 8.95. The number of rotatable bonds is 7. The van der Waals surface area contributed by atoms with E-state index in [0.717, 1.165) is 11.1 Å². The number of benzene rings is 3. The number of aryl methyl sites for hydroxylation is 1. The maximum atomic E-state index is 12.2. The molecular formula is C23H23NO4. The molecule has 3 aromatic carbocycles. The number of carbonyl (C=O) groups is 1. The lowest BCUT2D eigenvalue weighted by Crippen LogP contribution is -2.20. The van der Waals surface area contributed by atoms with Crippen LogP contribution in [0.25, 0.3) is 11.1 Å². The van der Waals surface area contributed by atoms with Crippen molar-refractivity contribution >= 4 is 11.6 Å². The van der Waals surface area contributed by atoms with Crippen molar-refractivity contribution in [3.63, 3.8) is 0 Å². The Kier molecular flexibility index (Phi) is 6.17. The lowest BCUT2D eigenvalue weighted by atomic mass is 10.0. The molecule has 0 heterocycles. The molecule has 28 heavy (non-hydrogen) atoms. The highest BCUT2D eigenvalue weighted by molar-refractivity contribution is 5.93. The first-order valence-electron chi connectivity index (χ1n) is 8.91. The van der Waals surface area contributed by atoms with E-state index in [-0.39, 0.29) is 12.5 Å². The summed E-state index contributed by atoms with van der Waals surface area (Å²) in [5.41, 5.74) is 4.02. The van der Waals surface area contributed by atoms with E-state index >= 15 is 0 Å². The summed E-state index contributed by atoms with van der Waals surface area (Å²) in [6, 6.07) is 21.2. The van der Waals surface area contributed by atoms with Gasteiger partial charge in [-0.25, -0.2) is 0 Å². The Morgan fingerprint density at radius 1 is 0.821 bits per heavy atom. The summed E-state index contributed by atoms with van der Waals surface area (Å²) in [6.45, 7) is 1.96. The smallest absolute Gasteiger partial charge is 0.262 e. The Morgan fingerprint density at radius 3 is 2.04 bits per heavy atom. The molecule has 0 aliphatic heterocycles. The predicted octanol–water partition coefficient (Wildman–Crippen LogP) is 4.70. The summed E-state index contributed by atoms with van der Waals surface area (Å²) in [5.74, 6) is 1.54. The largest absolute Gasteiger partial charge is 0.497 e. The van der Waals surface area contributed by atoms with Crippen molar-refractivity contribution in [3.05, 3.63) is 72.3 Å². The quantitative estimate of drug-likeness (QED) is 0.649. The third kappa shape index (κ3) is 4.82. The standard InChI is InChI=1S/C23H23NO4/c1-16-4-6-17(7-5-16)18-8-10-19(11-9-18)28-15-23(25)24-21-13-12-20(26-2)14-22(21)27-3/h4-14H,15H2,1-3H3,(H,24,25). The number of hydrogen-bond donors (Lipinski definition) is 1. The molecule has 0 atom stereocenters. The normalized spacial score (nSPS) is 10.2. The molecule has 0 radical (unpaired) electrons. The van der Waals surface area contributed by atoms with Crippen LogP contribution in [0.1, 0.15) is 5.56 Å². The van der Waals surface area contributed by atoms with Gasteiger partial charge in [0.15, 0.2) is 6.61 Å². The molecule has 0 fully saturated rings. The van der Waals surface area contributed by atoms with Crippen molar-refractivity contribution < 1.29 is 19.0 Å². The molecule has 0 spiro atoms. The molecule has 0 unspecified atom stereocenters. The van der Waals surface area contributed by atoms with Gasteiger partial charge in [0, 0.05) is 6.07 Å². The van der Waals surface area contributed by atoms with Gasteiger partial charge in [0.25, 0.3) is 5.91 Å². The first-order valence-corrected chi connectivity index (χ1v) is 8.91. The summed E-state index contributed by atoms with van der Waals surface area (Å²) in [6.07, 6.45) is 0. The number of anilines is 1. The fourth-order valence-corrected chi connectivity index (χ4v) is 2.73. The summed E-state index contributed by atoms with van der Waals surface area (Å²) < 4.78 is 16.0. The van der Waals surface area contributed by atoms with Gasteiger partial charge in [0.05, 0.1) is 19.9 Å². The zero-order valence-electron chi connectivity index (χ0n) is 16.2. The van der Waals surface area contributed by atoms with Gasteiger partial charge in [-0.3, -0.25) is 4.79 Å². The molecule has 5 nitrogen and oxygen atoms in total. The highest BCUT2D eigenvalue weighted by Crippen LogP contribution is 2.29. The topological polar surface area (TPSA) is 56.8 Å². The Morgan fingerprint density at radius 2 is 1.43 bits per heavy atom. The third-order valence-electron chi connectivity index (χ3n) is 4.29. The van der Waals surface area contributed by atoms with E-state index in [1.807, 2.05) is 24.3 Å². The second-order valence-corrected chi connectivity index (χ2v) is 6.29. The molecule has 1 amide bonds. The number of ether oxygens (including phenoxy) is 3. The van der Waals surface area contributed by atoms with Gasteiger partial charge < -0.3 is 19.5 Å². The van der Waals surface area contributed by atoms with Crippen LogP contribution in [0.3, 0.4) is 0 Å². The molecule has 1 N–H and O–H groups in total. The average molecular weight is 377 g/mol. The Hall–Kier alpha value is -3.47. The minimum absolute atomic E-state index is 0.0982. The van der Waals surface area contributed by atoms with Crippen LogP contribution in [0.2, 0.25) is 0 Å². The zero-order chi connectivity index (χ0) is 19.9. The summed E-state index contributed by atoms with van der Waals surface area (Å²) in [4.78, 5) is 12.2. The van der Waals surface area contributed by atoms with Crippen molar-refractivity contribution in [2.75, 3.05) is 26.1 Å². The molecule has 144 valence electrons. The fraction of sp³-hybridized carbons (Fsp3) is 0.174.